The molecule has 2 amide bonds. The minimum atomic E-state index is -0.818. The minimum Gasteiger partial charge on any atom is -0.490 e. The van der Waals surface area contributed by atoms with E-state index < -0.39 is 6.16 Å². The van der Waals surface area contributed by atoms with Gasteiger partial charge < -0.3 is 34.3 Å². The maximum Gasteiger partial charge on any atom is 0.513 e. The van der Waals surface area contributed by atoms with Gasteiger partial charge in [-0.1, -0.05) is 6.07 Å². The van der Waals surface area contributed by atoms with Crippen LogP contribution in [0.15, 0.2) is 60.7 Å². The maximum absolute atomic E-state index is 13.1. The molecule has 0 radical (unpaired) electrons. The van der Waals surface area contributed by atoms with E-state index in [0.29, 0.717) is 59.6 Å². The zero-order chi connectivity index (χ0) is 28.2. The van der Waals surface area contributed by atoms with E-state index in [0.717, 1.165) is 0 Å². The second kappa shape index (κ2) is 14.3. The predicted octanol–water partition coefficient (Wildman–Crippen LogP) is 5.92. The molecule has 0 heterocycles. The first kappa shape index (κ1) is 28.8. The van der Waals surface area contributed by atoms with Crippen molar-refractivity contribution in [3.8, 4) is 23.0 Å². The Morgan fingerprint density at radius 1 is 0.641 bits per heavy atom. The van der Waals surface area contributed by atoms with Crippen LogP contribution in [0.3, 0.4) is 0 Å². The maximum atomic E-state index is 13.1. The molecule has 0 fully saturated rings. The Bertz CT molecular complexity index is 1260. The van der Waals surface area contributed by atoms with E-state index in [1.807, 2.05) is 20.8 Å². The van der Waals surface area contributed by atoms with E-state index in [-0.39, 0.29) is 24.2 Å². The molecular weight excluding hydrogens is 504 g/mol. The SMILES string of the molecule is CCOC(=O)Oc1ccc(C(=O)Nc2cccc(NC(=O)c3cc(OCC)c(OCC)c(OCC)c3)c2)cc1. The summed E-state index contributed by atoms with van der Waals surface area (Å²) in [5, 5.41) is 5.62. The Labute approximate surface area is 227 Å². The normalized spacial score (nSPS) is 10.3. The lowest BCUT2D eigenvalue weighted by molar-refractivity contribution is 0.101. The van der Waals surface area contributed by atoms with Gasteiger partial charge in [-0.15, -0.1) is 0 Å². The van der Waals surface area contributed by atoms with Crippen LogP contribution in [0, 0.1) is 0 Å². The van der Waals surface area contributed by atoms with Crippen molar-refractivity contribution >= 4 is 29.3 Å². The molecule has 0 spiro atoms. The fourth-order valence-electron chi connectivity index (χ4n) is 3.52. The van der Waals surface area contributed by atoms with Crippen LogP contribution in [0.2, 0.25) is 0 Å². The van der Waals surface area contributed by atoms with Crippen LogP contribution in [-0.2, 0) is 4.74 Å². The van der Waals surface area contributed by atoms with Gasteiger partial charge in [0.15, 0.2) is 11.5 Å². The summed E-state index contributed by atoms with van der Waals surface area (Å²) in [6.07, 6.45) is -0.818. The van der Waals surface area contributed by atoms with Gasteiger partial charge in [-0.25, -0.2) is 4.79 Å². The lowest BCUT2D eigenvalue weighted by Crippen LogP contribution is -2.15. The zero-order valence-electron chi connectivity index (χ0n) is 22.4. The average molecular weight is 537 g/mol. The van der Waals surface area contributed by atoms with Crippen LogP contribution in [0.25, 0.3) is 0 Å². The lowest BCUT2D eigenvalue weighted by Gasteiger charge is -2.17. The van der Waals surface area contributed by atoms with E-state index in [9.17, 15) is 14.4 Å². The summed E-state index contributed by atoms with van der Waals surface area (Å²) in [4.78, 5) is 37.3. The third kappa shape index (κ3) is 8.13. The van der Waals surface area contributed by atoms with E-state index in [1.54, 1.807) is 43.3 Å². The molecule has 3 aromatic carbocycles. The summed E-state index contributed by atoms with van der Waals surface area (Å²) >= 11 is 0. The van der Waals surface area contributed by atoms with Gasteiger partial charge in [0.1, 0.15) is 5.75 Å². The van der Waals surface area contributed by atoms with Crippen LogP contribution >= 0.6 is 0 Å². The summed E-state index contributed by atoms with van der Waals surface area (Å²) in [7, 11) is 0. The molecule has 0 aromatic heterocycles. The van der Waals surface area contributed by atoms with Crippen LogP contribution in [0.4, 0.5) is 16.2 Å². The highest BCUT2D eigenvalue weighted by Gasteiger charge is 2.19. The van der Waals surface area contributed by atoms with Crippen molar-refractivity contribution in [2.45, 2.75) is 27.7 Å². The van der Waals surface area contributed by atoms with Crippen molar-refractivity contribution in [1.29, 1.82) is 0 Å². The van der Waals surface area contributed by atoms with E-state index >= 15 is 0 Å². The van der Waals surface area contributed by atoms with Gasteiger partial charge in [0.25, 0.3) is 11.8 Å². The Hall–Kier alpha value is -4.73. The summed E-state index contributed by atoms with van der Waals surface area (Å²) in [5.74, 6) is 0.758. The number of ether oxygens (including phenoxy) is 5. The Morgan fingerprint density at radius 2 is 1.18 bits per heavy atom. The van der Waals surface area contributed by atoms with Gasteiger partial charge >= 0.3 is 6.16 Å². The molecule has 0 aliphatic rings. The van der Waals surface area contributed by atoms with Gasteiger partial charge in [-0.2, -0.15) is 0 Å². The molecule has 0 bridgehead atoms. The van der Waals surface area contributed by atoms with Crippen LogP contribution in [0.1, 0.15) is 48.4 Å². The molecule has 10 nitrogen and oxygen atoms in total. The summed E-state index contributed by atoms with van der Waals surface area (Å²) in [6.45, 7) is 8.60. The molecule has 39 heavy (non-hydrogen) atoms. The smallest absolute Gasteiger partial charge is 0.490 e. The second-order valence-corrected chi connectivity index (χ2v) is 7.90. The highest BCUT2D eigenvalue weighted by atomic mass is 16.7. The van der Waals surface area contributed by atoms with Crippen molar-refractivity contribution < 1.29 is 38.1 Å². The monoisotopic (exact) mass is 536 g/mol. The third-order valence-corrected chi connectivity index (χ3v) is 5.13. The van der Waals surface area contributed by atoms with Crippen molar-refractivity contribution in [2.75, 3.05) is 37.1 Å². The highest BCUT2D eigenvalue weighted by molar-refractivity contribution is 6.07. The molecule has 0 aliphatic heterocycles. The molecule has 10 heteroatoms. The van der Waals surface area contributed by atoms with Gasteiger partial charge in [-0.3, -0.25) is 9.59 Å². The molecule has 0 unspecified atom stereocenters. The number of nitrogens with one attached hydrogen (secondary N) is 2. The largest absolute Gasteiger partial charge is 0.513 e. The summed E-state index contributed by atoms with van der Waals surface area (Å²) in [5.41, 5.74) is 1.62. The molecule has 2 N–H and O–H groups in total. The van der Waals surface area contributed by atoms with E-state index in [4.69, 9.17) is 23.7 Å². The van der Waals surface area contributed by atoms with Crippen molar-refractivity contribution in [2.24, 2.45) is 0 Å². The quantitative estimate of drug-likeness (QED) is 0.216. The van der Waals surface area contributed by atoms with Crippen LogP contribution in [0.5, 0.6) is 23.0 Å². The lowest BCUT2D eigenvalue weighted by atomic mass is 10.1. The number of carbonyl (C=O) groups excluding carboxylic acids is 3. The number of carbonyl (C=O) groups is 3. The number of benzene rings is 3. The number of rotatable bonds is 12. The third-order valence-electron chi connectivity index (χ3n) is 5.13. The van der Waals surface area contributed by atoms with Gasteiger partial charge in [0.05, 0.1) is 26.4 Å². The molecule has 0 saturated heterocycles. The molecule has 0 atom stereocenters. The van der Waals surface area contributed by atoms with E-state index in [1.165, 1.54) is 24.3 Å². The van der Waals surface area contributed by atoms with Gasteiger partial charge in [-0.05, 0) is 82.3 Å². The molecule has 3 aromatic rings. The molecular formula is C29H32N2O8. The van der Waals surface area contributed by atoms with Gasteiger partial charge in [0.2, 0.25) is 5.75 Å². The van der Waals surface area contributed by atoms with E-state index in [2.05, 4.69) is 10.6 Å². The second-order valence-electron chi connectivity index (χ2n) is 7.90. The summed E-state index contributed by atoms with van der Waals surface area (Å²) < 4.78 is 26.8. The number of hydrogen-bond donors (Lipinski definition) is 2. The number of anilines is 2. The summed E-state index contributed by atoms with van der Waals surface area (Å²) in [6, 6.07) is 16.0. The van der Waals surface area contributed by atoms with Crippen molar-refractivity contribution in [3.63, 3.8) is 0 Å². The fourth-order valence-corrected chi connectivity index (χ4v) is 3.52. The average Bonchev–Trinajstić information content (AvgIpc) is 2.91. The van der Waals surface area contributed by atoms with Crippen LogP contribution < -0.4 is 29.6 Å². The standard InChI is InChI=1S/C29H32N2O8/c1-5-35-24-16-20(17-25(36-6-2)26(24)37-7-3)28(33)31-22-11-9-10-21(18-22)30-27(32)19-12-14-23(15-13-19)39-29(34)38-8-4/h9-18H,5-8H2,1-4H3,(H,30,32)(H,31,33). The minimum absolute atomic E-state index is 0.196. The van der Waals surface area contributed by atoms with Crippen molar-refractivity contribution in [3.05, 3.63) is 71.8 Å². The fraction of sp³-hybridized carbons (Fsp3) is 0.276. The Kier molecular flexibility index (Phi) is 10.6. The molecule has 3 rings (SSSR count). The van der Waals surface area contributed by atoms with Crippen molar-refractivity contribution in [1.82, 2.24) is 0 Å². The Morgan fingerprint density at radius 3 is 1.69 bits per heavy atom. The highest BCUT2D eigenvalue weighted by Crippen LogP contribution is 2.39. The molecule has 0 aliphatic carbocycles. The predicted molar refractivity (Wildman–Crippen MR) is 146 cm³/mol. The first-order valence-corrected chi connectivity index (χ1v) is 12.6. The molecule has 206 valence electrons. The van der Waals surface area contributed by atoms with Crippen LogP contribution in [-0.4, -0.2) is 44.4 Å². The zero-order valence-corrected chi connectivity index (χ0v) is 22.4. The topological polar surface area (TPSA) is 121 Å². The Balaban J connectivity index is 1.72. The van der Waals surface area contributed by atoms with Gasteiger partial charge in [0, 0.05) is 22.5 Å². The first-order valence-electron chi connectivity index (χ1n) is 12.6. The molecule has 0 saturated carbocycles. The number of amides is 2. The number of hydrogen-bond acceptors (Lipinski definition) is 8. The first-order chi connectivity index (χ1) is 18.9.